The van der Waals surface area contributed by atoms with Gasteiger partial charge in [-0.25, -0.2) is 4.79 Å². The van der Waals surface area contributed by atoms with Crippen LogP contribution >= 0.6 is 0 Å². The topological polar surface area (TPSA) is 44.4 Å². The molecule has 0 aromatic heterocycles. The standard InChI is InChI=1S/C9H17N3O/c1-2-10-9(13)12-5-7-3-8(6-12)11-4-7/h7-8,11H,2-6H2,1H3,(H,10,13)/t7-,8-/m0/s1. The number of nitrogens with zero attached hydrogens (tertiary/aromatic N) is 1. The van der Waals surface area contributed by atoms with Gasteiger partial charge in [0, 0.05) is 32.2 Å². The second kappa shape index (κ2) is 3.54. The summed E-state index contributed by atoms with van der Waals surface area (Å²) in [7, 11) is 0. The van der Waals surface area contributed by atoms with Crippen molar-refractivity contribution >= 4 is 6.03 Å². The molecule has 2 aliphatic heterocycles. The summed E-state index contributed by atoms with van der Waals surface area (Å²) in [5.74, 6) is 0.682. The van der Waals surface area contributed by atoms with Crippen molar-refractivity contribution in [2.75, 3.05) is 26.2 Å². The number of carbonyl (C=O) groups excluding carboxylic acids is 1. The molecular weight excluding hydrogens is 166 g/mol. The number of fused-ring (bicyclic) bond motifs is 2. The first-order chi connectivity index (χ1) is 6.29. The van der Waals surface area contributed by atoms with Crippen LogP contribution in [0.15, 0.2) is 0 Å². The Labute approximate surface area is 78.7 Å². The summed E-state index contributed by atoms with van der Waals surface area (Å²) in [5, 5.41) is 6.27. The number of hydrogen-bond acceptors (Lipinski definition) is 2. The predicted octanol–water partition coefficient (Wildman–Crippen LogP) is 0.00960. The van der Waals surface area contributed by atoms with Gasteiger partial charge >= 0.3 is 6.03 Å². The molecule has 4 nitrogen and oxygen atoms in total. The van der Waals surface area contributed by atoms with Crippen molar-refractivity contribution in [2.24, 2.45) is 5.92 Å². The fraction of sp³-hybridized carbons (Fsp3) is 0.889. The second-order valence-corrected chi connectivity index (χ2v) is 3.95. The molecule has 0 spiro atoms. The van der Waals surface area contributed by atoms with Gasteiger partial charge in [0.15, 0.2) is 0 Å². The number of hydrogen-bond donors (Lipinski definition) is 2. The van der Waals surface area contributed by atoms with Gasteiger partial charge in [0.1, 0.15) is 0 Å². The molecule has 2 aliphatic rings. The lowest BCUT2D eigenvalue weighted by Gasteiger charge is -2.30. The van der Waals surface area contributed by atoms with E-state index in [1.807, 2.05) is 11.8 Å². The van der Waals surface area contributed by atoms with Gasteiger partial charge in [0.05, 0.1) is 0 Å². The van der Waals surface area contributed by atoms with Crippen LogP contribution in [0.2, 0.25) is 0 Å². The van der Waals surface area contributed by atoms with E-state index in [9.17, 15) is 4.79 Å². The molecule has 2 fully saturated rings. The Morgan fingerprint density at radius 1 is 1.62 bits per heavy atom. The first-order valence-corrected chi connectivity index (χ1v) is 5.05. The van der Waals surface area contributed by atoms with Crippen LogP contribution in [-0.4, -0.2) is 43.2 Å². The van der Waals surface area contributed by atoms with E-state index in [-0.39, 0.29) is 6.03 Å². The van der Waals surface area contributed by atoms with Crippen LogP contribution in [0.5, 0.6) is 0 Å². The van der Waals surface area contributed by atoms with Gasteiger partial charge in [-0.05, 0) is 19.3 Å². The molecule has 2 atom stereocenters. The van der Waals surface area contributed by atoms with Crippen molar-refractivity contribution in [3.8, 4) is 0 Å². The molecule has 0 unspecified atom stereocenters. The fourth-order valence-corrected chi connectivity index (χ4v) is 2.26. The first-order valence-electron chi connectivity index (χ1n) is 5.05. The maximum Gasteiger partial charge on any atom is 0.317 e. The summed E-state index contributed by atoms with van der Waals surface area (Å²) >= 11 is 0. The molecule has 2 N–H and O–H groups in total. The number of carbonyl (C=O) groups is 1. The van der Waals surface area contributed by atoms with Gasteiger partial charge < -0.3 is 15.5 Å². The molecule has 2 heterocycles. The quantitative estimate of drug-likeness (QED) is 0.601. The van der Waals surface area contributed by atoms with E-state index >= 15 is 0 Å². The minimum Gasteiger partial charge on any atom is -0.338 e. The maximum atomic E-state index is 11.5. The highest BCUT2D eigenvalue weighted by Crippen LogP contribution is 2.21. The third-order valence-corrected chi connectivity index (χ3v) is 2.85. The van der Waals surface area contributed by atoms with Gasteiger partial charge in [-0.3, -0.25) is 0 Å². The number of nitrogens with one attached hydrogen (secondary N) is 2. The first kappa shape index (κ1) is 8.81. The van der Waals surface area contributed by atoms with Gasteiger partial charge in [-0.15, -0.1) is 0 Å². The average molecular weight is 183 g/mol. The second-order valence-electron chi connectivity index (χ2n) is 3.95. The molecule has 2 amide bonds. The molecule has 74 valence electrons. The third-order valence-electron chi connectivity index (χ3n) is 2.85. The molecule has 0 aliphatic carbocycles. The van der Waals surface area contributed by atoms with Gasteiger partial charge in [-0.1, -0.05) is 0 Å². The zero-order valence-corrected chi connectivity index (χ0v) is 8.05. The monoisotopic (exact) mass is 183 g/mol. The third kappa shape index (κ3) is 1.77. The summed E-state index contributed by atoms with van der Waals surface area (Å²) in [4.78, 5) is 13.4. The zero-order valence-electron chi connectivity index (χ0n) is 8.05. The Morgan fingerprint density at radius 2 is 2.46 bits per heavy atom. The summed E-state index contributed by atoms with van der Waals surface area (Å²) < 4.78 is 0. The Morgan fingerprint density at radius 3 is 3.15 bits per heavy atom. The number of urea groups is 1. The predicted molar refractivity (Wildman–Crippen MR) is 50.5 cm³/mol. The van der Waals surface area contributed by atoms with E-state index in [0.29, 0.717) is 12.0 Å². The fourth-order valence-electron chi connectivity index (χ4n) is 2.26. The Hall–Kier alpha value is -0.770. The van der Waals surface area contributed by atoms with Crippen LogP contribution in [0.25, 0.3) is 0 Å². The van der Waals surface area contributed by atoms with E-state index in [1.165, 1.54) is 6.42 Å². The minimum absolute atomic E-state index is 0.0981. The SMILES string of the molecule is CCNC(=O)N1C[C@@H]2CN[C@@H](C2)C1. The molecule has 2 rings (SSSR count). The van der Waals surface area contributed by atoms with Crippen LogP contribution < -0.4 is 10.6 Å². The molecule has 13 heavy (non-hydrogen) atoms. The maximum absolute atomic E-state index is 11.5. The Bertz CT molecular complexity index is 195. The van der Waals surface area contributed by atoms with Crippen molar-refractivity contribution in [1.29, 1.82) is 0 Å². The number of amides is 2. The van der Waals surface area contributed by atoms with Crippen molar-refractivity contribution in [1.82, 2.24) is 15.5 Å². The zero-order chi connectivity index (χ0) is 9.26. The lowest BCUT2D eigenvalue weighted by Crippen LogP contribution is -2.48. The normalized spacial score (nSPS) is 31.9. The number of likely N-dealkylation sites (tertiary alicyclic amines) is 1. The smallest absolute Gasteiger partial charge is 0.317 e. The average Bonchev–Trinajstić information content (AvgIpc) is 2.46. The van der Waals surface area contributed by atoms with E-state index in [2.05, 4.69) is 10.6 Å². The lowest BCUT2D eigenvalue weighted by atomic mass is 10.0. The highest BCUT2D eigenvalue weighted by molar-refractivity contribution is 5.74. The van der Waals surface area contributed by atoms with Crippen LogP contribution in [0.3, 0.4) is 0 Å². The summed E-state index contributed by atoms with van der Waals surface area (Å²) in [5.41, 5.74) is 0. The largest absolute Gasteiger partial charge is 0.338 e. The van der Waals surface area contributed by atoms with Gasteiger partial charge in [-0.2, -0.15) is 0 Å². The van der Waals surface area contributed by atoms with Crippen LogP contribution in [-0.2, 0) is 0 Å². The summed E-state index contributed by atoms with van der Waals surface area (Å²) in [6, 6.07) is 0.641. The van der Waals surface area contributed by atoms with Crippen LogP contribution in [0.1, 0.15) is 13.3 Å². The highest BCUT2D eigenvalue weighted by atomic mass is 16.2. The molecule has 0 aromatic carbocycles. The number of piperidine rings is 1. The van der Waals surface area contributed by atoms with Crippen LogP contribution in [0.4, 0.5) is 4.79 Å². The molecule has 2 saturated heterocycles. The number of rotatable bonds is 1. The molecule has 2 bridgehead atoms. The summed E-state index contributed by atoms with van der Waals surface area (Å²) in [6.45, 7) is 5.56. The van der Waals surface area contributed by atoms with E-state index in [1.54, 1.807) is 0 Å². The van der Waals surface area contributed by atoms with Gasteiger partial charge in [0.25, 0.3) is 0 Å². The highest BCUT2D eigenvalue weighted by Gasteiger charge is 2.34. The van der Waals surface area contributed by atoms with E-state index in [0.717, 1.165) is 26.2 Å². The molecule has 4 heteroatoms. The minimum atomic E-state index is 0.0981. The molecule has 0 radical (unpaired) electrons. The van der Waals surface area contributed by atoms with E-state index < -0.39 is 0 Å². The molecule has 0 saturated carbocycles. The Balaban J connectivity index is 1.91. The lowest BCUT2D eigenvalue weighted by molar-refractivity contribution is 0.174. The molecular formula is C9H17N3O. The van der Waals surface area contributed by atoms with Gasteiger partial charge in [0.2, 0.25) is 0 Å². The Kier molecular flexibility index (Phi) is 2.40. The van der Waals surface area contributed by atoms with Crippen molar-refractivity contribution in [3.63, 3.8) is 0 Å². The van der Waals surface area contributed by atoms with Crippen molar-refractivity contribution < 1.29 is 4.79 Å². The van der Waals surface area contributed by atoms with Crippen molar-refractivity contribution in [2.45, 2.75) is 19.4 Å². The van der Waals surface area contributed by atoms with E-state index in [4.69, 9.17) is 0 Å². The summed E-state index contributed by atoms with van der Waals surface area (Å²) in [6.07, 6.45) is 1.25. The molecule has 0 aromatic rings. The van der Waals surface area contributed by atoms with Crippen molar-refractivity contribution in [3.05, 3.63) is 0 Å². The van der Waals surface area contributed by atoms with Crippen LogP contribution in [0, 0.1) is 5.92 Å².